The molecule has 1 aromatic carbocycles. The van der Waals surface area contributed by atoms with Crippen molar-refractivity contribution < 1.29 is 14.3 Å². The summed E-state index contributed by atoms with van der Waals surface area (Å²) in [6.07, 6.45) is 1.66. The predicted molar refractivity (Wildman–Crippen MR) is 144 cm³/mol. The number of carbonyl (C=O) groups excluding carboxylic acids is 2. The molecule has 2 rings (SSSR count). The molecule has 2 N–H and O–H groups in total. The molecule has 1 heterocycles. The van der Waals surface area contributed by atoms with Crippen LogP contribution in [0, 0.1) is 5.92 Å². The fourth-order valence-corrected chi connectivity index (χ4v) is 4.52. The number of halogens is 2. The largest absolute Gasteiger partial charge is 0.464 e. The summed E-state index contributed by atoms with van der Waals surface area (Å²) in [7, 11) is 3.73. The van der Waals surface area contributed by atoms with Crippen LogP contribution in [0.15, 0.2) is 18.2 Å². The van der Waals surface area contributed by atoms with E-state index in [1.165, 1.54) is 0 Å². The molecule has 0 fully saturated rings. The number of amides is 1. The van der Waals surface area contributed by atoms with Crippen LogP contribution in [0.25, 0.3) is 11.0 Å². The summed E-state index contributed by atoms with van der Waals surface area (Å²) in [6, 6.07) is 5.04. The molecule has 0 saturated carbocycles. The van der Waals surface area contributed by atoms with Gasteiger partial charge in [0.1, 0.15) is 11.9 Å². The van der Waals surface area contributed by atoms with Crippen molar-refractivity contribution in [3.05, 3.63) is 24.0 Å². The highest BCUT2D eigenvalue weighted by Gasteiger charge is 2.27. The average molecular weight is 529 g/mol. The Labute approximate surface area is 218 Å². The lowest BCUT2D eigenvalue weighted by molar-refractivity contribution is -0.148. The molecule has 8 nitrogen and oxygen atoms in total. The van der Waals surface area contributed by atoms with Gasteiger partial charge in [0.05, 0.1) is 23.7 Å². The number of aryl methyl sites for hydroxylation is 2. The molecular formula is C25H39Cl2N5O3. The van der Waals surface area contributed by atoms with Crippen molar-refractivity contribution in [1.29, 1.82) is 0 Å². The lowest BCUT2D eigenvalue weighted by Crippen LogP contribution is -2.50. The van der Waals surface area contributed by atoms with Crippen LogP contribution >= 0.6 is 23.2 Å². The fourth-order valence-electron chi connectivity index (χ4n) is 4.11. The lowest BCUT2D eigenvalue weighted by atomic mass is 10.0. The highest BCUT2D eigenvalue weighted by molar-refractivity contribution is 6.18. The van der Waals surface area contributed by atoms with E-state index in [1.54, 1.807) is 14.0 Å². The van der Waals surface area contributed by atoms with E-state index in [-0.39, 0.29) is 18.4 Å². The number of nitrogens with zero attached hydrogens (tertiary/aromatic N) is 3. The summed E-state index contributed by atoms with van der Waals surface area (Å²) in [5.74, 6) is 1.55. The summed E-state index contributed by atoms with van der Waals surface area (Å²) in [5.41, 5.74) is 2.94. The Morgan fingerprint density at radius 3 is 2.43 bits per heavy atom. The number of nitrogens with one attached hydrogen (secondary N) is 2. The molecule has 1 amide bonds. The van der Waals surface area contributed by atoms with Crippen molar-refractivity contribution in [2.24, 2.45) is 13.0 Å². The van der Waals surface area contributed by atoms with Gasteiger partial charge in [0.15, 0.2) is 0 Å². The molecule has 0 bridgehead atoms. The molecule has 0 aliphatic carbocycles. The zero-order chi connectivity index (χ0) is 26.0. The van der Waals surface area contributed by atoms with E-state index in [9.17, 15) is 9.59 Å². The zero-order valence-corrected chi connectivity index (χ0v) is 23.0. The van der Waals surface area contributed by atoms with Gasteiger partial charge in [-0.05, 0) is 50.9 Å². The first-order chi connectivity index (χ1) is 16.7. The number of imidazole rings is 1. The van der Waals surface area contributed by atoms with Crippen LogP contribution in [0.4, 0.5) is 5.69 Å². The summed E-state index contributed by atoms with van der Waals surface area (Å²) in [6.45, 7) is 7.48. The number of anilines is 1. The third kappa shape index (κ3) is 8.26. The number of ether oxygens (including phenoxy) is 1. The van der Waals surface area contributed by atoms with Crippen molar-refractivity contribution in [2.45, 2.75) is 52.1 Å². The third-order valence-electron chi connectivity index (χ3n) is 5.95. The average Bonchev–Trinajstić information content (AvgIpc) is 3.13. The van der Waals surface area contributed by atoms with E-state index in [0.29, 0.717) is 44.1 Å². The number of hydrogen-bond donors (Lipinski definition) is 2. The molecule has 0 saturated heterocycles. The predicted octanol–water partition coefficient (Wildman–Crippen LogP) is 3.47. The van der Waals surface area contributed by atoms with Gasteiger partial charge in [0.25, 0.3) is 0 Å². The fraction of sp³-hybridized carbons (Fsp3) is 0.640. The van der Waals surface area contributed by atoms with Crippen LogP contribution in [0.3, 0.4) is 0 Å². The minimum Gasteiger partial charge on any atom is -0.464 e. The molecule has 196 valence electrons. The van der Waals surface area contributed by atoms with Crippen LogP contribution < -0.4 is 15.5 Å². The number of aromatic nitrogens is 2. The van der Waals surface area contributed by atoms with Gasteiger partial charge in [-0.25, -0.2) is 9.78 Å². The highest BCUT2D eigenvalue weighted by Crippen LogP contribution is 2.23. The minimum absolute atomic E-state index is 0.218. The molecule has 0 radical (unpaired) electrons. The Kier molecular flexibility index (Phi) is 12.1. The maximum atomic E-state index is 13.0. The Morgan fingerprint density at radius 1 is 1.17 bits per heavy atom. The van der Waals surface area contributed by atoms with E-state index >= 15 is 0 Å². The van der Waals surface area contributed by atoms with Crippen LogP contribution in [-0.2, 0) is 27.8 Å². The van der Waals surface area contributed by atoms with E-state index in [1.807, 2.05) is 20.9 Å². The summed E-state index contributed by atoms with van der Waals surface area (Å²) < 4.78 is 7.20. The standard InChI is InChI=1S/C25H39Cl2N5O3/c1-6-35-25(34)21(15-17(2)3)30-24(33)19(28-4)8-10-23-29-20-16-18(7-9-22(20)31(23)5)32(13-11-26)14-12-27/h7,9,16-17,19,21,28H,6,8,10-15H2,1-5H3,(H,30,33)/t19-,21-/m0/s1. The molecule has 2 atom stereocenters. The number of benzene rings is 1. The Hall–Kier alpha value is -2.03. The Morgan fingerprint density at radius 2 is 1.86 bits per heavy atom. The molecule has 35 heavy (non-hydrogen) atoms. The number of alkyl halides is 2. The van der Waals surface area contributed by atoms with Gasteiger partial charge >= 0.3 is 5.97 Å². The molecule has 0 unspecified atom stereocenters. The van der Waals surface area contributed by atoms with Gasteiger partial charge < -0.3 is 24.8 Å². The first-order valence-electron chi connectivity index (χ1n) is 12.2. The number of likely N-dealkylation sites (N-methyl/N-ethyl adjacent to an activating group) is 1. The van der Waals surface area contributed by atoms with Crippen molar-refractivity contribution >= 4 is 51.8 Å². The van der Waals surface area contributed by atoms with E-state index in [4.69, 9.17) is 32.9 Å². The van der Waals surface area contributed by atoms with Crippen molar-refractivity contribution in [3.63, 3.8) is 0 Å². The van der Waals surface area contributed by atoms with Crippen LogP contribution in [0.2, 0.25) is 0 Å². The highest BCUT2D eigenvalue weighted by atomic mass is 35.5. The Bertz CT molecular complexity index is 960. The van der Waals surface area contributed by atoms with E-state index in [2.05, 4.69) is 38.3 Å². The van der Waals surface area contributed by atoms with E-state index < -0.39 is 18.1 Å². The van der Waals surface area contributed by atoms with Gasteiger partial charge in [-0.15, -0.1) is 23.2 Å². The topological polar surface area (TPSA) is 88.5 Å². The summed E-state index contributed by atoms with van der Waals surface area (Å²) in [4.78, 5) is 32.3. The van der Waals surface area contributed by atoms with Gasteiger partial charge in [-0.1, -0.05) is 13.8 Å². The molecule has 2 aromatic rings. The number of carbonyl (C=O) groups is 2. The first-order valence-corrected chi connectivity index (χ1v) is 13.3. The molecule has 10 heteroatoms. The normalized spacial score (nSPS) is 13.1. The Balaban J connectivity index is 2.12. The van der Waals surface area contributed by atoms with Crippen LogP contribution in [0.5, 0.6) is 0 Å². The van der Waals surface area contributed by atoms with E-state index in [0.717, 1.165) is 22.5 Å². The third-order valence-corrected chi connectivity index (χ3v) is 6.29. The van der Waals surface area contributed by atoms with Gasteiger partial charge in [-0.3, -0.25) is 4.79 Å². The lowest BCUT2D eigenvalue weighted by Gasteiger charge is -2.22. The maximum absolute atomic E-state index is 13.0. The van der Waals surface area contributed by atoms with Crippen molar-refractivity contribution in [2.75, 3.05) is 43.4 Å². The second kappa shape index (κ2) is 14.5. The van der Waals surface area contributed by atoms with Gasteiger partial charge in [-0.2, -0.15) is 0 Å². The second-order valence-electron chi connectivity index (χ2n) is 8.95. The first kappa shape index (κ1) is 29.2. The number of fused-ring (bicyclic) bond motifs is 1. The zero-order valence-electron chi connectivity index (χ0n) is 21.4. The smallest absolute Gasteiger partial charge is 0.328 e. The maximum Gasteiger partial charge on any atom is 0.328 e. The van der Waals surface area contributed by atoms with Crippen LogP contribution in [-0.4, -0.2) is 72.0 Å². The molecule has 0 spiro atoms. The quantitative estimate of drug-likeness (QED) is 0.272. The molecule has 0 aliphatic rings. The number of esters is 1. The monoisotopic (exact) mass is 527 g/mol. The van der Waals surface area contributed by atoms with Gasteiger partial charge in [0.2, 0.25) is 5.91 Å². The summed E-state index contributed by atoms with van der Waals surface area (Å²) in [5, 5.41) is 5.95. The van der Waals surface area contributed by atoms with Crippen molar-refractivity contribution in [3.8, 4) is 0 Å². The molecule has 1 aromatic heterocycles. The molecular weight excluding hydrogens is 489 g/mol. The van der Waals surface area contributed by atoms with Crippen molar-refractivity contribution in [1.82, 2.24) is 20.2 Å². The number of rotatable bonds is 15. The van der Waals surface area contributed by atoms with Gasteiger partial charge in [0, 0.05) is 44.0 Å². The molecule has 0 aliphatic heterocycles. The second-order valence-corrected chi connectivity index (χ2v) is 9.70. The SMILES string of the molecule is CCOC(=O)[C@H](CC(C)C)NC(=O)[C@H](CCc1nc2cc(N(CCCl)CCCl)ccc2n1C)NC. The minimum atomic E-state index is -0.656. The van der Waals surface area contributed by atoms with Crippen LogP contribution in [0.1, 0.15) is 39.4 Å². The number of hydrogen-bond acceptors (Lipinski definition) is 6. The summed E-state index contributed by atoms with van der Waals surface area (Å²) >= 11 is 11.9.